The Labute approximate surface area is 169 Å². The quantitative estimate of drug-likeness (QED) is 0.665. The third kappa shape index (κ3) is 4.70. The van der Waals surface area contributed by atoms with E-state index in [4.69, 9.17) is 4.74 Å². The SMILES string of the molecule is CN(CC1CC(Oc2ccc(CN3CCCC3)cc2)C1)S(=O)(=O)N1CCCC1. The van der Waals surface area contributed by atoms with Crippen LogP contribution in [0.2, 0.25) is 0 Å². The molecule has 0 atom stereocenters. The molecule has 1 aromatic carbocycles. The zero-order valence-corrected chi connectivity index (χ0v) is 17.7. The maximum absolute atomic E-state index is 12.6. The fourth-order valence-corrected chi connectivity index (χ4v) is 6.07. The van der Waals surface area contributed by atoms with E-state index < -0.39 is 10.2 Å². The number of rotatable bonds is 8. The lowest BCUT2D eigenvalue weighted by molar-refractivity contribution is 0.0569. The van der Waals surface area contributed by atoms with E-state index in [1.807, 2.05) is 0 Å². The van der Waals surface area contributed by atoms with Gasteiger partial charge in [-0.15, -0.1) is 0 Å². The molecule has 156 valence electrons. The lowest BCUT2D eigenvalue weighted by atomic mass is 9.82. The lowest BCUT2D eigenvalue weighted by Crippen LogP contribution is -2.46. The van der Waals surface area contributed by atoms with Crippen LogP contribution in [-0.4, -0.2) is 67.8 Å². The molecule has 7 heteroatoms. The van der Waals surface area contributed by atoms with Crippen LogP contribution in [0.25, 0.3) is 0 Å². The Morgan fingerprint density at radius 1 is 1.00 bits per heavy atom. The Hall–Kier alpha value is -1.15. The van der Waals surface area contributed by atoms with E-state index >= 15 is 0 Å². The van der Waals surface area contributed by atoms with Crippen LogP contribution in [0.5, 0.6) is 5.75 Å². The van der Waals surface area contributed by atoms with Crippen molar-refractivity contribution in [3.05, 3.63) is 29.8 Å². The monoisotopic (exact) mass is 407 g/mol. The number of likely N-dealkylation sites (tertiary alicyclic amines) is 1. The molecule has 3 fully saturated rings. The molecule has 0 aromatic heterocycles. The topological polar surface area (TPSA) is 53.1 Å². The van der Waals surface area contributed by atoms with E-state index in [1.54, 1.807) is 11.4 Å². The van der Waals surface area contributed by atoms with Gasteiger partial charge in [0.2, 0.25) is 0 Å². The molecule has 1 aliphatic carbocycles. The van der Waals surface area contributed by atoms with Crippen LogP contribution in [0.1, 0.15) is 44.1 Å². The van der Waals surface area contributed by atoms with Crippen molar-refractivity contribution in [2.24, 2.45) is 5.92 Å². The van der Waals surface area contributed by atoms with Gasteiger partial charge in [-0.25, -0.2) is 0 Å². The van der Waals surface area contributed by atoms with Gasteiger partial charge >= 0.3 is 0 Å². The first-order chi connectivity index (χ1) is 13.5. The van der Waals surface area contributed by atoms with E-state index in [-0.39, 0.29) is 6.10 Å². The highest BCUT2D eigenvalue weighted by Crippen LogP contribution is 2.33. The number of nitrogens with zero attached hydrogens (tertiary/aromatic N) is 3. The van der Waals surface area contributed by atoms with Crippen molar-refractivity contribution in [3.8, 4) is 5.75 Å². The van der Waals surface area contributed by atoms with Gasteiger partial charge in [-0.05, 0) is 75.2 Å². The molecule has 0 radical (unpaired) electrons. The Bertz CT molecular complexity index is 735. The normalized spacial score (nSPS) is 26.6. The van der Waals surface area contributed by atoms with Gasteiger partial charge in [0.05, 0.1) is 6.10 Å². The fourth-order valence-electron chi connectivity index (χ4n) is 4.56. The molecule has 0 unspecified atom stereocenters. The first-order valence-corrected chi connectivity index (χ1v) is 12.1. The average molecular weight is 408 g/mol. The van der Waals surface area contributed by atoms with Crippen LogP contribution >= 0.6 is 0 Å². The number of hydrogen-bond acceptors (Lipinski definition) is 4. The average Bonchev–Trinajstić information content (AvgIpc) is 3.35. The van der Waals surface area contributed by atoms with E-state index in [0.717, 1.165) is 38.0 Å². The van der Waals surface area contributed by atoms with E-state index in [2.05, 4.69) is 29.2 Å². The molecule has 0 bridgehead atoms. The summed E-state index contributed by atoms with van der Waals surface area (Å²) in [6.45, 7) is 5.37. The highest BCUT2D eigenvalue weighted by molar-refractivity contribution is 7.86. The highest BCUT2D eigenvalue weighted by Gasteiger charge is 2.36. The molecule has 0 N–H and O–H groups in total. The van der Waals surface area contributed by atoms with Crippen molar-refractivity contribution >= 4 is 10.2 Å². The fraction of sp³-hybridized carbons (Fsp3) is 0.714. The standard InChI is InChI=1S/C21H33N3O3S/c1-22(28(25,26)24-12-4-5-13-24)16-19-14-21(15-19)27-20-8-6-18(7-9-20)17-23-10-2-3-11-23/h6-9,19,21H,2-5,10-17H2,1H3. The molecule has 4 rings (SSSR count). The zero-order chi connectivity index (χ0) is 19.6. The number of hydrogen-bond donors (Lipinski definition) is 0. The van der Waals surface area contributed by atoms with E-state index in [9.17, 15) is 8.42 Å². The second kappa shape index (κ2) is 8.69. The van der Waals surface area contributed by atoms with Crippen molar-refractivity contribution in [2.75, 3.05) is 39.8 Å². The van der Waals surface area contributed by atoms with Gasteiger partial charge in [-0.2, -0.15) is 17.0 Å². The highest BCUT2D eigenvalue weighted by atomic mass is 32.2. The number of benzene rings is 1. The molecule has 6 nitrogen and oxygen atoms in total. The van der Waals surface area contributed by atoms with Crippen LogP contribution in [-0.2, 0) is 16.8 Å². The maximum atomic E-state index is 12.6. The Morgan fingerprint density at radius 3 is 2.25 bits per heavy atom. The smallest absolute Gasteiger partial charge is 0.281 e. The molecular formula is C21H33N3O3S. The summed E-state index contributed by atoms with van der Waals surface area (Å²) < 4.78 is 34.3. The van der Waals surface area contributed by atoms with Crippen molar-refractivity contribution in [1.29, 1.82) is 0 Å². The molecule has 0 spiro atoms. The maximum Gasteiger partial charge on any atom is 0.281 e. The molecule has 3 aliphatic rings. The van der Waals surface area contributed by atoms with E-state index in [1.165, 1.54) is 35.8 Å². The molecule has 2 aliphatic heterocycles. The largest absolute Gasteiger partial charge is 0.490 e. The second-order valence-electron chi connectivity index (χ2n) is 8.60. The summed E-state index contributed by atoms with van der Waals surface area (Å²) in [5.41, 5.74) is 1.34. The second-order valence-corrected chi connectivity index (χ2v) is 10.6. The summed E-state index contributed by atoms with van der Waals surface area (Å²) in [6, 6.07) is 8.48. The van der Waals surface area contributed by atoms with Crippen LogP contribution < -0.4 is 4.74 Å². The summed E-state index contributed by atoms with van der Waals surface area (Å²) in [5, 5.41) is 0. The van der Waals surface area contributed by atoms with Crippen LogP contribution in [0.15, 0.2) is 24.3 Å². The summed E-state index contributed by atoms with van der Waals surface area (Å²) in [5.74, 6) is 1.31. The van der Waals surface area contributed by atoms with Crippen LogP contribution in [0.4, 0.5) is 0 Å². The van der Waals surface area contributed by atoms with Crippen LogP contribution in [0.3, 0.4) is 0 Å². The van der Waals surface area contributed by atoms with Crippen LogP contribution in [0, 0.1) is 5.92 Å². The minimum atomic E-state index is -3.28. The van der Waals surface area contributed by atoms with Gasteiger partial charge < -0.3 is 4.74 Å². The Morgan fingerprint density at radius 2 is 1.61 bits per heavy atom. The Kier molecular flexibility index (Phi) is 6.25. The molecule has 1 saturated carbocycles. The van der Waals surface area contributed by atoms with Gasteiger partial charge in [0.15, 0.2) is 0 Å². The summed E-state index contributed by atoms with van der Waals surface area (Å²) in [6.07, 6.45) is 6.64. The summed E-state index contributed by atoms with van der Waals surface area (Å²) in [7, 11) is -1.57. The molecule has 0 amide bonds. The first-order valence-electron chi connectivity index (χ1n) is 10.7. The molecular weight excluding hydrogens is 374 g/mol. The van der Waals surface area contributed by atoms with Gasteiger partial charge in [0.1, 0.15) is 5.75 Å². The number of ether oxygens (including phenoxy) is 1. The minimum absolute atomic E-state index is 0.206. The van der Waals surface area contributed by atoms with Crippen molar-refractivity contribution in [1.82, 2.24) is 13.5 Å². The first kappa shape index (κ1) is 20.1. The molecule has 2 heterocycles. The molecule has 1 aromatic rings. The minimum Gasteiger partial charge on any atom is -0.490 e. The predicted octanol–water partition coefficient (Wildman–Crippen LogP) is 2.71. The molecule has 28 heavy (non-hydrogen) atoms. The Balaban J connectivity index is 1.20. The summed E-state index contributed by atoms with van der Waals surface area (Å²) in [4.78, 5) is 2.50. The van der Waals surface area contributed by atoms with Gasteiger partial charge in [-0.1, -0.05) is 12.1 Å². The zero-order valence-electron chi connectivity index (χ0n) is 16.9. The lowest BCUT2D eigenvalue weighted by Gasteiger charge is -2.38. The van der Waals surface area contributed by atoms with Crippen molar-refractivity contribution < 1.29 is 13.2 Å². The third-order valence-electron chi connectivity index (χ3n) is 6.32. The van der Waals surface area contributed by atoms with Gasteiger partial charge in [0.25, 0.3) is 10.2 Å². The van der Waals surface area contributed by atoms with Gasteiger partial charge in [-0.3, -0.25) is 4.90 Å². The van der Waals surface area contributed by atoms with Gasteiger partial charge in [0, 0.05) is 33.2 Å². The van der Waals surface area contributed by atoms with Crippen molar-refractivity contribution in [2.45, 2.75) is 51.2 Å². The van der Waals surface area contributed by atoms with E-state index in [0.29, 0.717) is 25.6 Å². The van der Waals surface area contributed by atoms with Crippen molar-refractivity contribution in [3.63, 3.8) is 0 Å². The summed E-state index contributed by atoms with van der Waals surface area (Å²) >= 11 is 0. The predicted molar refractivity (Wildman–Crippen MR) is 110 cm³/mol. The third-order valence-corrected chi connectivity index (χ3v) is 8.28. The molecule has 2 saturated heterocycles.